The zero-order valence-corrected chi connectivity index (χ0v) is 12.4. The molecule has 0 aliphatic carbocycles. The Hall–Kier alpha value is -2.05. The maximum Gasteiger partial charge on any atom is 0.280 e. The first-order valence-corrected chi connectivity index (χ1v) is 7.50. The Kier molecular flexibility index (Phi) is 3.81. The van der Waals surface area contributed by atoms with Gasteiger partial charge in [-0.3, -0.25) is 9.78 Å². The van der Waals surface area contributed by atoms with Crippen LogP contribution in [-0.4, -0.2) is 14.6 Å². The van der Waals surface area contributed by atoms with Crippen LogP contribution in [0.5, 0.6) is 0 Å². The lowest BCUT2D eigenvalue weighted by atomic mass is 10.2. The summed E-state index contributed by atoms with van der Waals surface area (Å²) in [6.07, 6.45) is 3.44. The van der Waals surface area contributed by atoms with Crippen molar-refractivity contribution in [3.05, 3.63) is 63.7 Å². The summed E-state index contributed by atoms with van der Waals surface area (Å²) in [6.45, 7) is 0. The van der Waals surface area contributed by atoms with Crippen molar-refractivity contribution in [2.75, 3.05) is 5.84 Å². The highest BCUT2D eigenvalue weighted by molar-refractivity contribution is 7.98. The van der Waals surface area contributed by atoms with Crippen LogP contribution >= 0.6 is 23.4 Å². The fourth-order valence-corrected chi connectivity index (χ4v) is 2.92. The van der Waals surface area contributed by atoms with Gasteiger partial charge in [0.2, 0.25) is 0 Å². The molecule has 0 unspecified atom stereocenters. The Balaban J connectivity index is 1.98. The van der Waals surface area contributed by atoms with Gasteiger partial charge in [0, 0.05) is 23.2 Å². The van der Waals surface area contributed by atoms with Crippen LogP contribution in [0.25, 0.3) is 10.9 Å². The molecule has 2 aromatic heterocycles. The molecular weight excluding hydrogens is 308 g/mol. The second kappa shape index (κ2) is 5.75. The van der Waals surface area contributed by atoms with Crippen molar-refractivity contribution in [1.82, 2.24) is 14.6 Å². The molecule has 0 bridgehead atoms. The smallest absolute Gasteiger partial charge is 0.280 e. The molecule has 0 radical (unpaired) electrons. The number of aromatic nitrogens is 3. The third kappa shape index (κ3) is 2.86. The summed E-state index contributed by atoms with van der Waals surface area (Å²) in [6, 6.07) is 8.76. The molecule has 0 saturated heterocycles. The third-order valence-electron chi connectivity index (χ3n) is 2.95. The third-order valence-corrected chi connectivity index (χ3v) is 4.21. The minimum absolute atomic E-state index is 0.283. The van der Waals surface area contributed by atoms with Crippen molar-refractivity contribution in [2.45, 2.75) is 10.9 Å². The van der Waals surface area contributed by atoms with Crippen LogP contribution in [0.3, 0.4) is 0 Å². The van der Waals surface area contributed by atoms with Crippen LogP contribution < -0.4 is 11.4 Å². The van der Waals surface area contributed by atoms with Crippen molar-refractivity contribution in [1.29, 1.82) is 0 Å². The molecule has 2 heterocycles. The van der Waals surface area contributed by atoms with E-state index < -0.39 is 0 Å². The van der Waals surface area contributed by atoms with Crippen LogP contribution in [0.1, 0.15) is 5.56 Å². The number of benzene rings is 1. The van der Waals surface area contributed by atoms with E-state index in [0.29, 0.717) is 26.8 Å². The van der Waals surface area contributed by atoms with E-state index in [1.165, 1.54) is 11.8 Å². The lowest BCUT2D eigenvalue weighted by Gasteiger charge is -2.08. The number of hydrogen-bond donors (Lipinski definition) is 1. The largest absolute Gasteiger partial charge is 0.334 e. The number of fused-ring (bicyclic) bond motifs is 1. The fourth-order valence-electron chi connectivity index (χ4n) is 1.88. The van der Waals surface area contributed by atoms with Gasteiger partial charge in [0.1, 0.15) is 0 Å². The maximum absolute atomic E-state index is 12.2. The lowest BCUT2D eigenvalue weighted by molar-refractivity contribution is 0.779. The van der Waals surface area contributed by atoms with Gasteiger partial charge in [-0.15, -0.1) is 0 Å². The van der Waals surface area contributed by atoms with Gasteiger partial charge in [-0.25, -0.2) is 9.66 Å². The molecule has 3 aromatic rings. The zero-order valence-electron chi connectivity index (χ0n) is 10.9. The van der Waals surface area contributed by atoms with E-state index in [1.54, 1.807) is 30.6 Å². The SMILES string of the molecule is Nn1c(SCc2ccncc2)nc2cc(Cl)ccc2c1=O. The first-order chi connectivity index (χ1) is 10.1. The Labute approximate surface area is 129 Å². The molecule has 0 aliphatic rings. The number of nitrogen functional groups attached to an aromatic ring is 1. The minimum atomic E-state index is -0.283. The predicted octanol–water partition coefficient (Wildman–Crippen LogP) is 2.45. The van der Waals surface area contributed by atoms with Gasteiger partial charge in [-0.1, -0.05) is 23.4 Å². The molecule has 0 saturated carbocycles. The van der Waals surface area contributed by atoms with Gasteiger partial charge >= 0.3 is 0 Å². The van der Waals surface area contributed by atoms with Crippen LogP contribution in [0.4, 0.5) is 0 Å². The van der Waals surface area contributed by atoms with Gasteiger partial charge in [0.25, 0.3) is 5.56 Å². The highest BCUT2D eigenvalue weighted by atomic mass is 35.5. The van der Waals surface area contributed by atoms with E-state index in [4.69, 9.17) is 17.4 Å². The van der Waals surface area contributed by atoms with Gasteiger partial charge in [0.05, 0.1) is 10.9 Å². The number of nitrogens with zero attached hydrogens (tertiary/aromatic N) is 3. The molecule has 0 spiro atoms. The van der Waals surface area contributed by atoms with Crippen LogP contribution in [0.2, 0.25) is 5.02 Å². The van der Waals surface area contributed by atoms with Crippen molar-refractivity contribution in [3.63, 3.8) is 0 Å². The zero-order chi connectivity index (χ0) is 14.8. The van der Waals surface area contributed by atoms with Crippen molar-refractivity contribution in [3.8, 4) is 0 Å². The number of nitrogens with two attached hydrogens (primary N) is 1. The van der Waals surface area contributed by atoms with E-state index in [2.05, 4.69) is 9.97 Å². The fraction of sp³-hybridized carbons (Fsp3) is 0.0714. The minimum Gasteiger partial charge on any atom is -0.334 e. The van der Waals surface area contributed by atoms with Crippen LogP contribution in [-0.2, 0) is 5.75 Å². The van der Waals surface area contributed by atoms with E-state index >= 15 is 0 Å². The molecule has 5 nitrogen and oxygen atoms in total. The van der Waals surface area contributed by atoms with Gasteiger partial charge in [-0.2, -0.15) is 0 Å². The first-order valence-electron chi connectivity index (χ1n) is 6.14. The molecule has 0 amide bonds. The highest BCUT2D eigenvalue weighted by Crippen LogP contribution is 2.22. The standard InChI is InChI=1S/C14H11ClN4OS/c15-10-1-2-11-12(7-10)18-14(19(16)13(11)20)21-8-9-3-5-17-6-4-9/h1-7H,8,16H2. The number of halogens is 1. The summed E-state index contributed by atoms with van der Waals surface area (Å²) in [4.78, 5) is 20.6. The molecule has 2 N–H and O–H groups in total. The van der Waals surface area contributed by atoms with Crippen molar-refractivity contribution >= 4 is 34.3 Å². The number of thioether (sulfide) groups is 1. The van der Waals surface area contributed by atoms with Crippen LogP contribution in [0.15, 0.2) is 52.7 Å². The molecule has 106 valence electrons. The molecule has 0 aliphatic heterocycles. The van der Waals surface area contributed by atoms with E-state index in [1.807, 2.05) is 12.1 Å². The molecule has 7 heteroatoms. The predicted molar refractivity (Wildman–Crippen MR) is 85.0 cm³/mol. The summed E-state index contributed by atoms with van der Waals surface area (Å²) in [5, 5.41) is 1.44. The molecule has 21 heavy (non-hydrogen) atoms. The average molecular weight is 319 g/mol. The lowest BCUT2D eigenvalue weighted by Crippen LogP contribution is -2.29. The molecule has 0 atom stereocenters. The summed E-state index contributed by atoms with van der Waals surface area (Å²) >= 11 is 7.33. The van der Waals surface area contributed by atoms with E-state index in [9.17, 15) is 4.79 Å². The Morgan fingerprint density at radius 2 is 2.00 bits per heavy atom. The van der Waals surface area contributed by atoms with E-state index in [0.717, 1.165) is 10.2 Å². The topological polar surface area (TPSA) is 73.8 Å². The highest BCUT2D eigenvalue weighted by Gasteiger charge is 2.10. The molecule has 3 rings (SSSR count). The quantitative estimate of drug-likeness (QED) is 0.456. The summed E-state index contributed by atoms with van der Waals surface area (Å²) in [5.41, 5.74) is 1.34. The molecular formula is C14H11ClN4OS. The Bertz CT molecular complexity index is 851. The van der Waals surface area contributed by atoms with Gasteiger partial charge in [-0.05, 0) is 35.9 Å². The Morgan fingerprint density at radius 1 is 1.24 bits per heavy atom. The van der Waals surface area contributed by atoms with Crippen molar-refractivity contribution < 1.29 is 0 Å². The maximum atomic E-state index is 12.2. The molecule has 1 aromatic carbocycles. The number of pyridine rings is 1. The normalized spacial score (nSPS) is 10.9. The summed E-state index contributed by atoms with van der Waals surface area (Å²) in [7, 11) is 0. The number of hydrogen-bond acceptors (Lipinski definition) is 5. The van der Waals surface area contributed by atoms with Crippen LogP contribution in [0, 0.1) is 0 Å². The van der Waals surface area contributed by atoms with Crippen molar-refractivity contribution in [2.24, 2.45) is 0 Å². The molecule has 0 fully saturated rings. The Morgan fingerprint density at radius 3 is 2.76 bits per heavy atom. The number of rotatable bonds is 3. The average Bonchev–Trinajstić information content (AvgIpc) is 2.50. The summed E-state index contributed by atoms with van der Waals surface area (Å²) < 4.78 is 1.07. The second-order valence-electron chi connectivity index (χ2n) is 4.38. The van der Waals surface area contributed by atoms with Gasteiger partial charge in [0.15, 0.2) is 5.16 Å². The van der Waals surface area contributed by atoms with E-state index in [-0.39, 0.29) is 5.56 Å². The first kappa shape index (κ1) is 13.9. The second-order valence-corrected chi connectivity index (χ2v) is 5.75. The monoisotopic (exact) mass is 318 g/mol. The summed E-state index contributed by atoms with van der Waals surface area (Å²) in [5.74, 6) is 6.48. The van der Waals surface area contributed by atoms with Gasteiger partial charge < -0.3 is 5.84 Å².